The topological polar surface area (TPSA) is 81.1 Å². The summed E-state index contributed by atoms with van der Waals surface area (Å²) >= 11 is 0. The summed E-state index contributed by atoms with van der Waals surface area (Å²) in [5.74, 6) is -0.864. The second kappa shape index (κ2) is 5.97. The van der Waals surface area contributed by atoms with Crippen LogP contribution in [0.25, 0.3) is 0 Å². The molecular formula is C11H20N2O4. The Hall–Kier alpha value is -1.14. The number of aliphatic hydroxyl groups excluding tert-OH is 1. The fourth-order valence-electron chi connectivity index (χ4n) is 2.04. The van der Waals surface area contributed by atoms with E-state index in [1.165, 1.54) is 4.90 Å². The Morgan fingerprint density at radius 3 is 2.59 bits per heavy atom. The normalized spacial score (nSPS) is 24.9. The van der Waals surface area contributed by atoms with Crippen molar-refractivity contribution < 1.29 is 19.8 Å². The van der Waals surface area contributed by atoms with Crippen molar-refractivity contribution in [2.75, 3.05) is 27.2 Å². The van der Waals surface area contributed by atoms with E-state index in [0.717, 1.165) is 0 Å². The van der Waals surface area contributed by atoms with Crippen molar-refractivity contribution in [1.82, 2.24) is 9.80 Å². The minimum absolute atomic E-state index is 0.0385. The molecule has 2 N–H and O–H groups in total. The molecule has 0 aromatic rings. The average Bonchev–Trinajstić information content (AvgIpc) is 2.59. The number of aliphatic hydroxyl groups is 1. The van der Waals surface area contributed by atoms with Crippen molar-refractivity contribution in [2.45, 2.75) is 31.4 Å². The molecule has 0 saturated carbocycles. The summed E-state index contributed by atoms with van der Waals surface area (Å²) in [4.78, 5) is 25.5. The number of β-amino-alcohol motifs (C(OH)–C–C–N with tert-alkyl or cyclic N) is 1. The molecule has 2 atom stereocenters. The molecule has 1 rings (SSSR count). The summed E-state index contributed by atoms with van der Waals surface area (Å²) in [6, 6.07) is -0.612. The molecule has 0 spiro atoms. The van der Waals surface area contributed by atoms with Crippen LogP contribution in [0.1, 0.15) is 19.3 Å². The summed E-state index contributed by atoms with van der Waals surface area (Å²) in [6.07, 6.45) is 0.733. The Morgan fingerprint density at radius 2 is 2.06 bits per heavy atom. The Labute approximate surface area is 101 Å². The number of aliphatic carboxylic acids is 1. The van der Waals surface area contributed by atoms with Crippen molar-refractivity contribution in [1.29, 1.82) is 0 Å². The van der Waals surface area contributed by atoms with E-state index in [1.807, 2.05) is 0 Å². The second-order valence-electron chi connectivity index (χ2n) is 4.63. The van der Waals surface area contributed by atoms with Gasteiger partial charge in [-0.2, -0.15) is 0 Å². The average molecular weight is 244 g/mol. The minimum Gasteiger partial charge on any atom is -0.480 e. The third-order valence-electron chi connectivity index (χ3n) is 3.00. The van der Waals surface area contributed by atoms with Gasteiger partial charge in [0.25, 0.3) is 0 Å². The van der Waals surface area contributed by atoms with Gasteiger partial charge in [-0.15, -0.1) is 0 Å². The number of amides is 1. The highest BCUT2D eigenvalue weighted by molar-refractivity contribution is 5.75. The number of carbonyl (C=O) groups excluding carboxylic acids is 1. The molecular weight excluding hydrogens is 224 g/mol. The molecule has 0 radical (unpaired) electrons. The molecule has 1 amide bonds. The minimum atomic E-state index is -0.902. The maximum atomic E-state index is 11.3. The zero-order chi connectivity index (χ0) is 13.0. The smallest absolute Gasteiger partial charge is 0.321 e. The molecule has 0 aromatic heterocycles. The maximum Gasteiger partial charge on any atom is 0.321 e. The molecule has 0 bridgehead atoms. The number of nitrogens with zero attached hydrogens (tertiary/aromatic N) is 2. The first-order valence-corrected chi connectivity index (χ1v) is 5.77. The molecule has 98 valence electrons. The van der Waals surface area contributed by atoms with Crippen LogP contribution in [-0.4, -0.2) is 71.2 Å². The van der Waals surface area contributed by atoms with Gasteiger partial charge in [-0.1, -0.05) is 0 Å². The summed E-state index contributed by atoms with van der Waals surface area (Å²) in [7, 11) is 3.39. The number of carbonyl (C=O) groups is 2. The van der Waals surface area contributed by atoms with Gasteiger partial charge in [-0.05, 0) is 13.0 Å². The first-order valence-electron chi connectivity index (χ1n) is 5.77. The number of likely N-dealkylation sites (tertiary alicyclic amines) is 1. The zero-order valence-electron chi connectivity index (χ0n) is 10.3. The van der Waals surface area contributed by atoms with Crippen molar-refractivity contribution in [3.8, 4) is 0 Å². The third-order valence-corrected chi connectivity index (χ3v) is 3.00. The zero-order valence-corrected chi connectivity index (χ0v) is 10.3. The van der Waals surface area contributed by atoms with Crippen molar-refractivity contribution in [3.05, 3.63) is 0 Å². The van der Waals surface area contributed by atoms with Crippen LogP contribution in [0.15, 0.2) is 0 Å². The van der Waals surface area contributed by atoms with Crippen LogP contribution in [0, 0.1) is 0 Å². The molecule has 0 aromatic carbocycles. The molecule has 17 heavy (non-hydrogen) atoms. The maximum absolute atomic E-state index is 11.3. The number of carboxylic acid groups (broad SMARTS) is 1. The van der Waals surface area contributed by atoms with Gasteiger partial charge in [0.05, 0.1) is 6.10 Å². The van der Waals surface area contributed by atoms with E-state index in [4.69, 9.17) is 5.11 Å². The fraction of sp³-hybridized carbons (Fsp3) is 0.818. The first kappa shape index (κ1) is 13.9. The highest BCUT2D eigenvalue weighted by Gasteiger charge is 2.35. The number of hydrogen-bond donors (Lipinski definition) is 2. The van der Waals surface area contributed by atoms with Crippen LogP contribution in [0.3, 0.4) is 0 Å². The SMILES string of the molecule is CN(C)C(=O)CCCN1CC(O)CC1C(=O)O. The fourth-order valence-corrected chi connectivity index (χ4v) is 2.04. The van der Waals surface area contributed by atoms with E-state index in [0.29, 0.717) is 25.9 Å². The van der Waals surface area contributed by atoms with Crippen LogP contribution in [0.5, 0.6) is 0 Å². The van der Waals surface area contributed by atoms with Crippen molar-refractivity contribution in [2.24, 2.45) is 0 Å². The van der Waals surface area contributed by atoms with Gasteiger partial charge in [0.15, 0.2) is 0 Å². The lowest BCUT2D eigenvalue weighted by Gasteiger charge is -2.20. The summed E-state index contributed by atoms with van der Waals surface area (Å²) in [6.45, 7) is 0.917. The number of carboxylic acids is 1. The highest BCUT2D eigenvalue weighted by Crippen LogP contribution is 2.18. The molecule has 2 unspecified atom stereocenters. The Morgan fingerprint density at radius 1 is 1.41 bits per heavy atom. The van der Waals surface area contributed by atoms with Crippen LogP contribution in [0.2, 0.25) is 0 Å². The van der Waals surface area contributed by atoms with Gasteiger partial charge in [0, 0.05) is 33.5 Å². The van der Waals surface area contributed by atoms with E-state index in [1.54, 1.807) is 19.0 Å². The second-order valence-corrected chi connectivity index (χ2v) is 4.63. The van der Waals surface area contributed by atoms with Gasteiger partial charge in [-0.25, -0.2) is 0 Å². The Balaban J connectivity index is 2.35. The van der Waals surface area contributed by atoms with Crippen molar-refractivity contribution in [3.63, 3.8) is 0 Å². The molecule has 6 nitrogen and oxygen atoms in total. The predicted octanol–water partition coefficient (Wildman–Crippen LogP) is -0.625. The van der Waals surface area contributed by atoms with E-state index >= 15 is 0 Å². The lowest BCUT2D eigenvalue weighted by molar-refractivity contribution is -0.142. The molecule has 1 saturated heterocycles. The molecule has 6 heteroatoms. The summed E-state index contributed by atoms with van der Waals surface area (Å²) in [5.41, 5.74) is 0. The van der Waals surface area contributed by atoms with E-state index in [-0.39, 0.29) is 12.3 Å². The quantitative estimate of drug-likeness (QED) is 0.673. The Bertz CT molecular complexity index is 293. The molecule has 1 aliphatic rings. The van der Waals surface area contributed by atoms with Gasteiger partial charge in [0.2, 0.25) is 5.91 Å². The van der Waals surface area contributed by atoms with Crippen molar-refractivity contribution >= 4 is 11.9 Å². The first-order chi connectivity index (χ1) is 7.91. The largest absolute Gasteiger partial charge is 0.480 e. The third kappa shape index (κ3) is 3.98. The Kier molecular flexibility index (Phi) is 4.89. The number of hydrogen-bond acceptors (Lipinski definition) is 4. The molecule has 1 fully saturated rings. The van der Waals surface area contributed by atoms with Gasteiger partial charge < -0.3 is 15.1 Å². The van der Waals surface area contributed by atoms with E-state index in [2.05, 4.69) is 0 Å². The molecule has 1 aliphatic heterocycles. The summed E-state index contributed by atoms with van der Waals surface area (Å²) < 4.78 is 0. The lowest BCUT2D eigenvalue weighted by atomic mass is 10.2. The van der Waals surface area contributed by atoms with Gasteiger partial charge in [-0.3, -0.25) is 14.5 Å². The standard InChI is InChI=1S/C11H20N2O4/c1-12(2)10(15)4-3-5-13-7-8(14)6-9(13)11(16)17/h8-9,14H,3-7H2,1-2H3,(H,16,17). The van der Waals surface area contributed by atoms with Crippen LogP contribution >= 0.6 is 0 Å². The van der Waals surface area contributed by atoms with Crippen LogP contribution in [-0.2, 0) is 9.59 Å². The predicted molar refractivity (Wildman–Crippen MR) is 61.5 cm³/mol. The van der Waals surface area contributed by atoms with E-state index < -0.39 is 18.1 Å². The van der Waals surface area contributed by atoms with Gasteiger partial charge >= 0.3 is 5.97 Å². The van der Waals surface area contributed by atoms with E-state index in [9.17, 15) is 14.7 Å². The van der Waals surface area contributed by atoms with Gasteiger partial charge in [0.1, 0.15) is 6.04 Å². The summed E-state index contributed by atoms with van der Waals surface area (Å²) in [5, 5.41) is 18.4. The lowest BCUT2D eigenvalue weighted by Crippen LogP contribution is -2.37. The highest BCUT2D eigenvalue weighted by atomic mass is 16.4. The molecule has 0 aliphatic carbocycles. The van der Waals surface area contributed by atoms with Crippen LogP contribution < -0.4 is 0 Å². The van der Waals surface area contributed by atoms with Crippen LogP contribution in [0.4, 0.5) is 0 Å². The number of rotatable bonds is 5. The monoisotopic (exact) mass is 244 g/mol. The molecule has 1 heterocycles.